The van der Waals surface area contributed by atoms with Crippen LogP contribution in [0.25, 0.3) is 0 Å². The number of rotatable bonds is 4. The molecule has 0 spiro atoms. The summed E-state index contributed by atoms with van der Waals surface area (Å²) in [7, 11) is 1.71. The minimum atomic E-state index is 0.222. The number of hydrogen-bond acceptors (Lipinski definition) is 3. The van der Waals surface area contributed by atoms with E-state index in [4.69, 9.17) is 10.5 Å². The van der Waals surface area contributed by atoms with E-state index in [1.807, 2.05) is 12.1 Å². The van der Waals surface area contributed by atoms with Gasteiger partial charge in [-0.1, -0.05) is 0 Å². The molecule has 2 N–H and O–H groups in total. The lowest BCUT2D eigenvalue weighted by Gasteiger charge is -2.47. The van der Waals surface area contributed by atoms with Gasteiger partial charge in [-0.3, -0.25) is 0 Å². The Labute approximate surface area is 116 Å². The second-order valence-corrected chi connectivity index (χ2v) is 6.10. The van der Waals surface area contributed by atoms with Crippen molar-refractivity contribution >= 4 is 5.69 Å². The number of ether oxygens (including phenoxy) is 1. The van der Waals surface area contributed by atoms with Crippen molar-refractivity contribution in [1.29, 1.82) is 0 Å². The van der Waals surface area contributed by atoms with Gasteiger partial charge in [0.15, 0.2) is 0 Å². The van der Waals surface area contributed by atoms with Crippen LogP contribution in [-0.2, 0) is 0 Å². The molecular weight excluding hydrogens is 236 g/mol. The summed E-state index contributed by atoms with van der Waals surface area (Å²) in [5, 5.41) is 0. The minimum absolute atomic E-state index is 0.222. The molecule has 3 nitrogen and oxygen atoms in total. The van der Waals surface area contributed by atoms with Crippen molar-refractivity contribution < 1.29 is 4.74 Å². The van der Waals surface area contributed by atoms with E-state index >= 15 is 0 Å². The summed E-state index contributed by atoms with van der Waals surface area (Å²) in [5.74, 6) is 1.64. The first-order chi connectivity index (χ1) is 9.06. The molecule has 0 bridgehead atoms. The lowest BCUT2D eigenvalue weighted by Crippen LogP contribution is -2.50. The topological polar surface area (TPSA) is 38.5 Å². The summed E-state index contributed by atoms with van der Waals surface area (Å²) >= 11 is 0. The number of benzene rings is 1. The molecule has 0 amide bonds. The Morgan fingerprint density at radius 2 is 2.00 bits per heavy atom. The predicted molar refractivity (Wildman–Crippen MR) is 80.8 cm³/mol. The molecule has 19 heavy (non-hydrogen) atoms. The lowest BCUT2D eigenvalue weighted by molar-refractivity contribution is 0.282. The maximum Gasteiger partial charge on any atom is 0.119 e. The first kappa shape index (κ1) is 14.2. The second kappa shape index (κ2) is 5.83. The Bertz CT molecular complexity index is 400. The van der Waals surface area contributed by atoms with Crippen molar-refractivity contribution in [1.82, 2.24) is 0 Å². The third kappa shape index (κ3) is 3.21. The van der Waals surface area contributed by atoms with Gasteiger partial charge in [0, 0.05) is 17.8 Å². The highest BCUT2D eigenvalue weighted by Gasteiger charge is 2.33. The summed E-state index contributed by atoms with van der Waals surface area (Å²) < 4.78 is 5.23. The van der Waals surface area contributed by atoms with Gasteiger partial charge in [0.05, 0.1) is 7.11 Å². The highest BCUT2D eigenvalue weighted by Crippen LogP contribution is 2.36. The first-order valence-electron chi connectivity index (χ1n) is 7.18. The molecule has 1 unspecified atom stereocenters. The van der Waals surface area contributed by atoms with Crippen LogP contribution in [0.15, 0.2) is 24.3 Å². The normalized spacial score (nSPS) is 22.3. The molecule has 1 fully saturated rings. The van der Waals surface area contributed by atoms with Crippen molar-refractivity contribution in [3.63, 3.8) is 0 Å². The fourth-order valence-corrected chi connectivity index (χ4v) is 2.98. The van der Waals surface area contributed by atoms with E-state index in [-0.39, 0.29) is 5.54 Å². The smallest absolute Gasteiger partial charge is 0.119 e. The first-order valence-corrected chi connectivity index (χ1v) is 7.18. The Morgan fingerprint density at radius 3 is 2.58 bits per heavy atom. The molecule has 1 saturated heterocycles. The number of nitrogens with zero attached hydrogens (tertiary/aromatic N) is 1. The highest BCUT2D eigenvalue weighted by atomic mass is 16.5. The zero-order valence-electron chi connectivity index (χ0n) is 12.4. The average molecular weight is 262 g/mol. The standard InChI is InChI=1S/C16H26N2O/c1-16(2)10-8-13(9-11-17)12-18(16)14-4-6-15(19-3)7-5-14/h4-7,13H,8-12,17H2,1-3H3. The van der Waals surface area contributed by atoms with Crippen LogP contribution in [-0.4, -0.2) is 25.7 Å². The van der Waals surface area contributed by atoms with E-state index in [1.54, 1.807) is 7.11 Å². The molecule has 1 aliphatic heterocycles. The number of hydrogen-bond donors (Lipinski definition) is 1. The molecule has 106 valence electrons. The zero-order valence-corrected chi connectivity index (χ0v) is 12.4. The summed E-state index contributed by atoms with van der Waals surface area (Å²) in [4.78, 5) is 2.52. The minimum Gasteiger partial charge on any atom is -0.497 e. The van der Waals surface area contributed by atoms with E-state index in [1.165, 1.54) is 18.5 Å². The third-order valence-electron chi connectivity index (χ3n) is 4.29. The Morgan fingerprint density at radius 1 is 1.32 bits per heavy atom. The van der Waals surface area contributed by atoms with Gasteiger partial charge in [-0.25, -0.2) is 0 Å². The molecule has 0 radical (unpaired) electrons. The lowest BCUT2D eigenvalue weighted by atomic mass is 9.83. The molecule has 1 heterocycles. The molecule has 1 aromatic carbocycles. The summed E-state index contributed by atoms with van der Waals surface area (Å²) in [5.41, 5.74) is 7.22. The van der Waals surface area contributed by atoms with Gasteiger partial charge in [0.25, 0.3) is 0 Å². The number of nitrogens with two attached hydrogens (primary N) is 1. The summed E-state index contributed by atoms with van der Waals surface area (Å²) in [6.45, 7) is 6.56. The van der Waals surface area contributed by atoms with Crippen LogP contribution >= 0.6 is 0 Å². The van der Waals surface area contributed by atoms with Crippen molar-refractivity contribution in [3.05, 3.63) is 24.3 Å². The van der Waals surface area contributed by atoms with Gasteiger partial charge in [0.1, 0.15) is 5.75 Å². The maximum absolute atomic E-state index is 5.71. The number of piperidine rings is 1. The molecule has 0 aromatic heterocycles. The largest absolute Gasteiger partial charge is 0.497 e. The fourth-order valence-electron chi connectivity index (χ4n) is 2.98. The van der Waals surface area contributed by atoms with Crippen molar-refractivity contribution in [2.75, 3.05) is 25.1 Å². The highest BCUT2D eigenvalue weighted by molar-refractivity contribution is 5.51. The predicted octanol–water partition coefficient (Wildman–Crippen LogP) is 3.04. The molecule has 3 heteroatoms. The number of methoxy groups -OCH3 is 1. The monoisotopic (exact) mass is 262 g/mol. The van der Waals surface area contributed by atoms with Crippen molar-refractivity contribution in [2.24, 2.45) is 11.7 Å². The maximum atomic E-state index is 5.71. The molecular formula is C16H26N2O. The van der Waals surface area contributed by atoms with Crippen LogP contribution in [0, 0.1) is 5.92 Å². The zero-order chi connectivity index (χ0) is 13.9. The SMILES string of the molecule is COc1ccc(N2CC(CCN)CCC2(C)C)cc1. The quantitative estimate of drug-likeness (QED) is 0.906. The van der Waals surface area contributed by atoms with Gasteiger partial charge >= 0.3 is 0 Å². The third-order valence-corrected chi connectivity index (χ3v) is 4.29. The fraction of sp³-hybridized carbons (Fsp3) is 0.625. The van der Waals surface area contributed by atoms with Gasteiger partial charge < -0.3 is 15.4 Å². The van der Waals surface area contributed by atoms with Crippen LogP contribution in [0.3, 0.4) is 0 Å². The molecule has 2 rings (SSSR count). The van der Waals surface area contributed by atoms with E-state index in [2.05, 4.69) is 30.9 Å². The van der Waals surface area contributed by atoms with Gasteiger partial charge in [0.2, 0.25) is 0 Å². The Balaban J connectivity index is 2.17. The summed E-state index contributed by atoms with van der Waals surface area (Å²) in [6, 6.07) is 8.40. The molecule has 1 aromatic rings. The van der Waals surface area contributed by atoms with E-state index in [9.17, 15) is 0 Å². The Kier molecular flexibility index (Phi) is 4.35. The van der Waals surface area contributed by atoms with Crippen LogP contribution in [0.1, 0.15) is 33.1 Å². The van der Waals surface area contributed by atoms with E-state index < -0.39 is 0 Å². The van der Waals surface area contributed by atoms with Gasteiger partial charge in [-0.2, -0.15) is 0 Å². The number of anilines is 1. The average Bonchev–Trinajstić information content (AvgIpc) is 2.41. The van der Waals surface area contributed by atoms with E-state index in [0.29, 0.717) is 0 Å². The van der Waals surface area contributed by atoms with Crippen LogP contribution in [0.5, 0.6) is 5.75 Å². The van der Waals surface area contributed by atoms with Crippen molar-refractivity contribution in [3.8, 4) is 5.75 Å². The molecule has 1 aliphatic rings. The van der Waals surface area contributed by atoms with Gasteiger partial charge in [-0.05, 0) is 69.8 Å². The van der Waals surface area contributed by atoms with Gasteiger partial charge in [-0.15, -0.1) is 0 Å². The van der Waals surface area contributed by atoms with Crippen LogP contribution in [0.4, 0.5) is 5.69 Å². The molecule has 1 atom stereocenters. The molecule has 0 aliphatic carbocycles. The second-order valence-electron chi connectivity index (χ2n) is 6.10. The van der Waals surface area contributed by atoms with Crippen molar-refractivity contribution in [2.45, 2.75) is 38.6 Å². The summed E-state index contributed by atoms with van der Waals surface area (Å²) in [6.07, 6.45) is 3.64. The molecule has 0 saturated carbocycles. The van der Waals surface area contributed by atoms with Crippen LogP contribution < -0.4 is 15.4 Å². The Hall–Kier alpha value is -1.22. The van der Waals surface area contributed by atoms with E-state index in [0.717, 1.165) is 31.2 Å². The van der Waals surface area contributed by atoms with Crippen LogP contribution in [0.2, 0.25) is 0 Å².